The Morgan fingerprint density at radius 1 is 1.00 bits per heavy atom. The van der Waals surface area contributed by atoms with Crippen molar-refractivity contribution in [1.82, 2.24) is 19.9 Å². The van der Waals surface area contributed by atoms with Gasteiger partial charge < -0.3 is 15.1 Å². The first-order valence-corrected chi connectivity index (χ1v) is 10.3. The lowest BCUT2D eigenvalue weighted by molar-refractivity contribution is -0.117. The summed E-state index contributed by atoms with van der Waals surface area (Å²) in [6.45, 7) is 1.91. The molecule has 7 heteroatoms. The summed E-state index contributed by atoms with van der Waals surface area (Å²) >= 11 is 0. The standard InChI is InChI=1S/C25H19N5O2/c1-14-5-4-8-20(29-14)23-22(17-12-26-18-7-3-2-6-16(17)18)24(31)25(32)30(23)15-9-10-19-21(11-15)28-13-27-19/h2-13,23,26,31H,1H3,(H,27,28). The predicted molar refractivity (Wildman–Crippen MR) is 123 cm³/mol. The van der Waals surface area contributed by atoms with Crippen LogP contribution in [0.5, 0.6) is 0 Å². The van der Waals surface area contributed by atoms with Gasteiger partial charge in [0.25, 0.3) is 5.91 Å². The number of H-pyrrole nitrogens is 2. The second-order valence-corrected chi connectivity index (χ2v) is 7.90. The molecule has 0 spiro atoms. The largest absolute Gasteiger partial charge is 0.503 e. The van der Waals surface area contributed by atoms with E-state index in [9.17, 15) is 9.90 Å². The number of aliphatic hydroxyl groups is 1. The Labute approximate surface area is 183 Å². The number of aromatic amines is 2. The summed E-state index contributed by atoms with van der Waals surface area (Å²) in [5.41, 5.74) is 6.05. The molecule has 0 fully saturated rings. The lowest BCUT2D eigenvalue weighted by Crippen LogP contribution is -2.30. The fraction of sp³-hybridized carbons (Fsp3) is 0.0800. The monoisotopic (exact) mass is 421 g/mol. The maximum Gasteiger partial charge on any atom is 0.294 e. The van der Waals surface area contributed by atoms with Crippen molar-refractivity contribution in [3.05, 3.63) is 95.9 Å². The highest BCUT2D eigenvalue weighted by molar-refractivity contribution is 6.17. The number of amides is 1. The zero-order valence-corrected chi connectivity index (χ0v) is 17.2. The molecule has 0 radical (unpaired) electrons. The number of hydrogen-bond donors (Lipinski definition) is 3. The number of aliphatic hydroxyl groups excluding tert-OH is 1. The molecule has 3 aromatic heterocycles. The van der Waals surface area contributed by atoms with E-state index in [1.54, 1.807) is 11.2 Å². The van der Waals surface area contributed by atoms with E-state index < -0.39 is 11.9 Å². The van der Waals surface area contributed by atoms with Crippen LogP contribution in [0.3, 0.4) is 0 Å². The normalized spacial score (nSPS) is 16.6. The highest BCUT2D eigenvalue weighted by atomic mass is 16.3. The van der Waals surface area contributed by atoms with E-state index in [0.29, 0.717) is 17.0 Å². The van der Waals surface area contributed by atoms with Gasteiger partial charge in [-0.05, 0) is 43.3 Å². The molecule has 1 unspecified atom stereocenters. The van der Waals surface area contributed by atoms with E-state index in [4.69, 9.17) is 4.98 Å². The van der Waals surface area contributed by atoms with Gasteiger partial charge in [-0.25, -0.2) is 4.98 Å². The van der Waals surface area contributed by atoms with Crippen LogP contribution >= 0.6 is 0 Å². The van der Waals surface area contributed by atoms with E-state index in [0.717, 1.165) is 33.2 Å². The van der Waals surface area contributed by atoms with Crippen molar-refractivity contribution in [2.45, 2.75) is 13.0 Å². The van der Waals surface area contributed by atoms with E-state index in [2.05, 4.69) is 15.0 Å². The van der Waals surface area contributed by atoms with Crippen molar-refractivity contribution in [3.8, 4) is 0 Å². The molecule has 0 saturated carbocycles. The van der Waals surface area contributed by atoms with Crippen molar-refractivity contribution in [2.24, 2.45) is 0 Å². The lowest BCUT2D eigenvalue weighted by Gasteiger charge is -2.26. The molecule has 2 aromatic carbocycles. The molecule has 32 heavy (non-hydrogen) atoms. The number of fused-ring (bicyclic) bond motifs is 2. The van der Waals surface area contributed by atoms with E-state index in [1.165, 1.54) is 0 Å². The lowest BCUT2D eigenvalue weighted by atomic mass is 9.95. The molecular weight excluding hydrogens is 402 g/mol. The molecule has 7 nitrogen and oxygen atoms in total. The molecule has 4 heterocycles. The smallest absolute Gasteiger partial charge is 0.294 e. The summed E-state index contributed by atoms with van der Waals surface area (Å²) in [4.78, 5) is 30.4. The number of rotatable bonds is 3. The van der Waals surface area contributed by atoms with Crippen LogP contribution < -0.4 is 4.90 Å². The van der Waals surface area contributed by atoms with Gasteiger partial charge in [0.1, 0.15) is 6.04 Å². The van der Waals surface area contributed by atoms with E-state index in [1.807, 2.05) is 73.8 Å². The van der Waals surface area contributed by atoms with Crippen LogP contribution in [-0.4, -0.2) is 30.9 Å². The number of hydrogen-bond acceptors (Lipinski definition) is 4. The number of nitrogens with zero attached hydrogens (tertiary/aromatic N) is 3. The Bertz CT molecular complexity index is 1540. The number of carbonyl (C=O) groups excluding carboxylic acids is 1. The van der Waals surface area contributed by atoms with Crippen molar-refractivity contribution in [1.29, 1.82) is 0 Å². The zero-order valence-electron chi connectivity index (χ0n) is 17.2. The van der Waals surface area contributed by atoms with Crippen molar-refractivity contribution < 1.29 is 9.90 Å². The second-order valence-electron chi connectivity index (χ2n) is 7.90. The Kier molecular flexibility index (Phi) is 3.91. The average molecular weight is 421 g/mol. The van der Waals surface area contributed by atoms with Crippen LogP contribution in [-0.2, 0) is 4.79 Å². The van der Waals surface area contributed by atoms with Crippen molar-refractivity contribution >= 4 is 39.1 Å². The third kappa shape index (κ3) is 2.64. The number of para-hydroxylation sites is 1. The summed E-state index contributed by atoms with van der Waals surface area (Å²) in [7, 11) is 0. The molecule has 0 aliphatic carbocycles. The van der Waals surface area contributed by atoms with Crippen molar-refractivity contribution in [3.63, 3.8) is 0 Å². The van der Waals surface area contributed by atoms with Crippen LogP contribution in [0.1, 0.15) is 23.0 Å². The first-order chi connectivity index (χ1) is 15.6. The first-order valence-electron chi connectivity index (χ1n) is 10.3. The van der Waals surface area contributed by atoms with Gasteiger partial charge in [-0.3, -0.25) is 14.7 Å². The first kappa shape index (κ1) is 18.4. The van der Waals surface area contributed by atoms with Crippen LogP contribution in [0.2, 0.25) is 0 Å². The Hall–Kier alpha value is -4.39. The molecular formula is C25H19N5O2. The van der Waals surface area contributed by atoms with Crippen LogP contribution in [0.4, 0.5) is 5.69 Å². The minimum atomic E-state index is -0.582. The number of carbonyl (C=O) groups is 1. The summed E-state index contributed by atoms with van der Waals surface area (Å²) < 4.78 is 0. The molecule has 0 bridgehead atoms. The Balaban J connectivity index is 1.59. The molecule has 1 amide bonds. The number of nitrogens with one attached hydrogen (secondary N) is 2. The van der Waals surface area contributed by atoms with Gasteiger partial charge in [-0.2, -0.15) is 0 Å². The highest BCUT2D eigenvalue weighted by Crippen LogP contribution is 2.46. The van der Waals surface area contributed by atoms with Gasteiger partial charge in [0, 0.05) is 39.6 Å². The minimum absolute atomic E-state index is 0.271. The number of aromatic nitrogens is 4. The maximum atomic E-state index is 13.4. The Morgan fingerprint density at radius 3 is 2.75 bits per heavy atom. The second kappa shape index (κ2) is 6.81. The van der Waals surface area contributed by atoms with Gasteiger partial charge >= 0.3 is 0 Å². The van der Waals surface area contributed by atoms with Crippen molar-refractivity contribution in [2.75, 3.05) is 4.90 Å². The fourth-order valence-corrected chi connectivity index (χ4v) is 4.51. The van der Waals surface area contributed by atoms with Crippen LogP contribution in [0.25, 0.3) is 27.5 Å². The Morgan fingerprint density at radius 2 is 1.88 bits per heavy atom. The molecule has 1 aliphatic heterocycles. The number of aryl methyl sites for hydroxylation is 1. The SMILES string of the molecule is Cc1cccc(C2C(c3c[nH]c4ccccc34)=C(O)C(=O)N2c2ccc3nc[nH]c3c2)n1. The molecule has 1 atom stereocenters. The highest BCUT2D eigenvalue weighted by Gasteiger charge is 2.43. The van der Waals surface area contributed by atoms with E-state index in [-0.39, 0.29) is 5.76 Å². The third-order valence-electron chi connectivity index (χ3n) is 5.96. The van der Waals surface area contributed by atoms with E-state index >= 15 is 0 Å². The number of benzene rings is 2. The van der Waals surface area contributed by atoms with Gasteiger partial charge in [0.05, 0.1) is 23.1 Å². The summed E-state index contributed by atoms with van der Waals surface area (Å²) in [6, 6.07) is 18.5. The summed E-state index contributed by atoms with van der Waals surface area (Å²) in [5, 5.41) is 12.1. The topological polar surface area (TPSA) is 97.9 Å². The number of imidazole rings is 1. The van der Waals surface area contributed by atoms with Crippen LogP contribution in [0, 0.1) is 6.92 Å². The zero-order chi connectivity index (χ0) is 21.8. The molecule has 3 N–H and O–H groups in total. The maximum absolute atomic E-state index is 13.4. The molecule has 1 aliphatic rings. The third-order valence-corrected chi connectivity index (χ3v) is 5.96. The van der Waals surface area contributed by atoms with Gasteiger partial charge in [0.15, 0.2) is 5.76 Å². The molecule has 0 saturated heterocycles. The summed E-state index contributed by atoms with van der Waals surface area (Å²) in [6.07, 6.45) is 3.46. The number of anilines is 1. The summed E-state index contributed by atoms with van der Waals surface area (Å²) in [5.74, 6) is -0.731. The quantitative estimate of drug-likeness (QED) is 0.390. The predicted octanol–water partition coefficient (Wildman–Crippen LogP) is 4.80. The van der Waals surface area contributed by atoms with Gasteiger partial charge in [-0.15, -0.1) is 0 Å². The molecule has 6 rings (SSSR count). The molecule has 5 aromatic rings. The molecule has 156 valence electrons. The van der Waals surface area contributed by atoms with Gasteiger partial charge in [-0.1, -0.05) is 24.3 Å². The van der Waals surface area contributed by atoms with Gasteiger partial charge in [0.2, 0.25) is 0 Å². The number of pyridine rings is 1. The fourth-order valence-electron chi connectivity index (χ4n) is 4.51. The average Bonchev–Trinajstić information content (AvgIpc) is 3.50. The van der Waals surface area contributed by atoms with Crippen LogP contribution in [0.15, 0.2) is 78.9 Å². The minimum Gasteiger partial charge on any atom is -0.503 e.